The number of alkyl halides is 3. The molecule has 8 heteroatoms. The van der Waals surface area contributed by atoms with Gasteiger partial charge in [-0.25, -0.2) is 4.79 Å². The van der Waals surface area contributed by atoms with Crippen LogP contribution in [-0.2, 0) is 4.74 Å². The van der Waals surface area contributed by atoms with Gasteiger partial charge in [0.2, 0.25) is 0 Å². The average molecular weight is 306 g/mol. The molecular weight excluding hydrogens is 289 g/mol. The van der Waals surface area contributed by atoms with E-state index in [0.717, 1.165) is 0 Å². The monoisotopic (exact) mass is 306 g/mol. The van der Waals surface area contributed by atoms with Crippen molar-refractivity contribution in [1.29, 1.82) is 0 Å². The first-order valence-electron chi connectivity index (χ1n) is 6.12. The largest absolute Gasteiger partial charge is 0.484 e. The van der Waals surface area contributed by atoms with Crippen LogP contribution in [0.3, 0.4) is 0 Å². The lowest BCUT2D eigenvalue weighted by atomic mass is 10.3. The second-order valence-corrected chi connectivity index (χ2v) is 4.28. The number of methoxy groups -OCH3 is 1. The maximum Gasteiger partial charge on any atom is 0.422 e. The maximum absolute atomic E-state index is 12.1. The molecule has 0 bridgehead atoms. The van der Waals surface area contributed by atoms with Gasteiger partial charge >= 0.3 is 12.2 Å². The number of ether oxygens (including phenoxy) is 2. The molecule has 5 nitrogen and oxygen atoms in total. The molecule has 0 radical (unpaired) electrons. The van der Waals surface area contributed by atoms with Crippen molar-refractivity contribution in [1.82, 2.24) is 4.90 Å². The maximum atomic E-state index is 12.1. The van der Waals surface area contributed by atoms with Crippen molar-refractivity contribution in [3.8, 4) is 5.75 Å². The fourth-order valence-electron chi connectivity index (χ4n) is 1.38. The molecule has 0 fully saturated rings. The Morgan fingerprint density at radius 2 is 2.10 bits per heavy atom. The Hall–Kier alpha value is -1.96. The highest BCUT2D eigenvalue weighted by Crippen LogP contribution is 2.21. The molecule has 1 N–H and O–H groups in total. The third kappa shape index (κ3) is 6.84. The highest BCUT2D eigenvalue weighted by molar-refractivity contribution is 5.89. The Morgan fingerprint density at radius 3 is 2.71 bits per heavy atom. The number of nitrogens with one attached hydrogen (secondary N) is 1. The number of urea groups is 1. The second-order valence-electron chi connectivity index (χ2n) is 4.28. The van der Waals surface area contributed by atoms with Gasteiger partial charge in [-0.15, -0.1) is 0 Å². The summed E-state index contributed by atoms with van der Waals surface area (Å²) in [7, 11) is 3.10. The third-order valence-electron chi connectivity index (χ3n) is 2.47. The van der Waals surface area contributed by atoms with E-state index in [4.69, 9.17) is 4.74 Å². The molecule has 0 spiro atoms. The zero-order valence-corrected chi connectivity index (χ0v) is 11.7. The van der Waals surface area contributed by atoms with Crippen molar-refractivity contribution in [2.75, 3.05) is 39.2 Å². The predicted molar refractivity (Wildman–Crippen MR) is 71.5 cm³/mol. The van der Waals surface area contributed by atoms with Crippen molar-refractivity contribution in [2.45, 2.75) is 6.18 Å². The first-order chi connectivity index (χ1) is 9.81. The van der Waals surface area contributed by atoms with E-state index >= 15 is 0 Å². The topological polar surface area (TPSA) is 50.8 Å². The Morgan fingerprint density at radius 1 is 1.38 bits per heavy atom. The quantitative estimate of drug-likeness (QED) is 0.879. The number of carbonyl (C=O) groups is 1. The van der Waals surface area contributed by atoms with Crippen LogP contribution in [0.4, 0.5) is 23.7 Å². The van der Waals surface area contributed by atoms with E-state index in [2.05, 4.69) is 10.1 Å². The second kappa shape index (κ2) is 7.72. The summed E-state index contributed by atoms with van der Waals surface area (Å²) in [5.74, 6) is 0.0321. The third-order valence-corrected chi connectivity index (χ3v) is 2.47. The van der Waals surface area contributed by atoms with E-state index in [0.29, 0.717) is 18.8 Å². The van der Waals surface area contributed by atoms with Gasteiger partial charge in [0.25, 0.3) is 0 Å². The molecule has 1 rings (SSSR count). The summed E-state index contributed by atoms with van der Waals surface area (Å²) in [6.45, 7) is -0.594. The predicted octanol–water partition coefficient (Wildman–Crippen LogP) is 2.74. The number of amides is 2. The number of likely N-dealkylation sites (N-methyl/N-ethyl adjacent to an activating group) is 1. The summed E-state index contributed by atoms with van der Waals surface area (Å²) in [5, 5.41) is 2.56. The molecule has 21 heavy (non-hydrogen) atoms. The van der Waals surface area contributed by atoms with Crippen LogP contribution in [0.2, 0.25) is 0 Å². The van der Waals surface area contributed by atoms with Gasteiger partial charge in [-0.3, -0.25) is 0 Å². The van der Waals surface area contributed by atoms with Crippen LogP contribution < -0.4 is 10.1 Å². The molecular formula is C13H17F3N2O3. The highest BCUT2D eigenvalue weighted by Gasteiger charge is 2.28. The molecule has 0 aliphatic rings. The van der Waals surface area contributed by atoms with Gasteiger partial charge in [0.05, 0.1) is 6.61 Å². The molecule has 0 saturated heterocycles. The minimum Gasteiger partial charge on any atom is -0.484 e. The number of anilines is 1. The zero-order chi connectivity index (χ0) is 15.9. The fraction of sp³-hybridized carbons (Fsp3) is 0.462. The minimum atomic E-state index is -4.40. The Bertz CT molecular complexity index is 466. The van der Waals surface area contributed by atoms with E-state index in [1.54, 1.807) is 13.1 Å². The molecule has 118 valence electrons. The molecule has 0 aliphatic carbocycles. The Labute approximate surface area is 120 Å². The first-order valence-corrected chi connectivity index (χ1v) is 6.12. The number of nitrogens with zero attached hydrogens (tertiary/aromatic N) is 1. The van der Waals surface area contributed by atoms with Gasteiger partial charge in [-0.2, -0.15) is 13.2 Å². The van der Waals surface area contributed by atoms with Crippen molar-refractivity contribution in [3.05, 3.63) is 24.3 Å². The van der Waals surface area contributed by atoms with Gasteiger partial charge in [-0.05, 0) is 12.1 Å². The lowest BCUT2D eigenvalue weighted by Crippen LogP contribution is -2.33. The standard InChI is InChI=1S/C13H17F3N2O3/c1-18(6-7-20-2)12(19)17-10-4-3-5-11(8-10)21-9-13(14,15)16/h3-5,8H,6-7,9H2,1-2H3,(H,17,19). The molecule has 1 aromatic carbocycles. The number of rotatable bonds is 6. The van der Waals surface area contributed by atoms with Crippen LogP contribution in [0.25, 0.3) is 0 Å². The first kappa shape index (κ1) is 17.1. The molecule has 2 amide bonds. The zero-order valence-electron chi connectivity index (χ0n) is 11.7. The number of hydrogen-bond donors (Lipinski definition) is 1. The fourth-order valence-corrected chi connectivity index (χ4v) is 1.38. The Kier molecular flexibility index (Phi) is 6.29. The normalized spacial score (nSPS) is 11.1. The number of hydrogen-bond acceptors (Lipinski definition) is 3. The van der Waals surface area contributed by atoms with E-state index in [-0.39, 0.29) is 11.8 Å². The molecule has 0 aliphatic heterocycles. The van der Waals surface area contributed by atoms with E-state index in [9.17, 15) is 18.0 Å². The van der Waals surface area contributed by atoms with Crippen LogP contribution in [0.5, 0.6) is 5.75 Å². The van der Waals surface area contributed by atoms with Gasteiger partial charge in [-0.1, -0.05) is 6.07 Å². The molecule has 0 unspecified atom stereocenters. The molecule has 0 heterocycles. The summed E-state index contributed by atoms with van der Waals surface area (Å²) >= 11 is 0. The van der Waals surface area contributed by atoms with E-state index in [1.165, 1.54) is 30.2 Å². The summed E-state index contributed by atoms with van der Waals surface area (Å²) in [6, 6.07) is 5.38. The van der Waals surface area contributed by atoms with Crippen molar-refractivity contribution >= 4 is 11.7 Å². The number of benzene rings is 1. The van der Waals surface area contributed by atoms with E-state index in [1.807, 2.05) is 0 Å². The summed E-state index contributed by atoms with van der Waals surface area (Å²) in [4.78, 5) is 13.2. The lowest BCUT2D eigenvalue weighted by molar-refractivity contribution is -0.153. The summed E-state index contributed by atoms with van der Waals surface area (Å²) in [6.07, 6.45) is -4.40. The minimum absolute atomic E-state index is 0.0321. The SMILES string of the molecule is COCCN(C)C(=O)Nc1cccc(OCC(F)(F)F)c1. The molecule has 0 atom stereocenters. The highest BCUT2D eigenvalue weighted by atomic mass is 19.4. The van der Waals surface area contributed by atoms with Crippen molar-refractivity contribution < 1.29 is 27.4 Å². The average Bonchev–Trinajstić information content (AvgIpc) is 2.42. The van der Waals surface area contributed by atoms with Gasteiger partial charge in [0.1, 0.15) is 5.75 Å². The number of carbonyl (C=O) groups excluding carboxylic acids is 1. The van der Waals surface area contributed by atoms with Gasteiger partial charge in [0.15, 0.2) is 6.61 Å². The molecule has 0 aromatic heterocycles. The Balaban J connectivity index is 2.58. The van der Waals surface area contributed by atoms with E-state index < -0.39 is 12.8 Å². The van der Waals surface area contributed by atoms with Gasteiger partial charge < -0.3 is 19.7 Å². The van der Waals surface area contributed by atoms with Gasteiger partial charge in [0, 0.05) is 32.5 Å². The van der Waals surface area contributed by atoms with Crippen LogP contribution in [0.15, 0.2) is 24.3 Å². The lowest BCUT2D eigenvalue weighted by Gasteiger charge is -2.17. The smallest absolute Gasteiger partial charge is 0.422 e. The van der Waals surface area contributed by atoms with Crippen molar-refractivity contribution in [2.24, 2.45) is 0 Å². The number of halogens is 3. The summed E-state index contributed by atoms with van der Waals surface area (Å²) in [5.41, 5.74) is 0.351. The molecule has 0 saturated carbocycles. The van der Waals surface area contributed by atoms with Crippen LogP contribution >= 0.6 is 0 Å². The van der Waals surface area contributed by atoms with Crippen LogP contribution in [0, 0.1) is 0 Å². The van der Waals surface area contributed by atoms with Crippen molar-refractivity contribution in [3.63, 3.8) is 0 Å². The molecule has 1 aromatic rings. The summed E-state index contributed by atoms with van der Waals surface area (Å²) < 4.78 is 45.6. The van der Waals surface area contributed by atoms with Crippen LogP contribution in [0.1, 0.15) is 0 Å². The van der Waals surface area contributed by atoms with Crippen LogP contribution in [-0.4, -0.2) is 51.0 Å².